The molecule has 128 valence electrons. The number of aromatic nitrogens is 1. The van der Waals surface area contributed by atoms with Crippen LogP contribution in [0.5, 0.6) is 11.5 Å². The highest BCUT2D eigenvalue weighted by molar-refractivity contribution is 7.16. The maximum atomic E-state index is 12.3. The highest BCUT2D eigenvalue weighted by Gasteiger charge is 2.16. The highest BCUT2D eigenvalue weighted by atomic mass is 32.1. The lowest BCUT2D eigenvalue weighted by Gasteiger charge is -2.10. The lowest BCUT2D eigenvalue weighted by molar-refractivity contribution is 0.0474. The van der Waals surface area contributed by atoms with Gasteiger partial charge in [-0.05, 0) is 30.3 Å². The van der Waals surface area contributed by atoms with Crippen LogP contribution < -0.4 is 9.47 Å². The van der Waals surface area contributed by atoms with E-state index in [1.807, 2.05) is 0 Å². The number of Topliss-reactive ketones (excluding diaryl/α,β-unsaturated/α-hetero) is 1. The van der Waals surface area contributed by atoms with E-state index in [2.05, 4.69) is 4.98 Å². The predicted octanol–water partition coefficient (Wildman–Crippen LogP) is 3.35. The van der Waals surface area contributed by atoms with Crippen molar-refractivity contribution in [2.24, 2.45) is 0 Å². The van der Waals surface area contributed by atoms with E-state index < -0.39 is 5.97 Å². The second-order valence-electron chi connectivity index (χ2n) is 5.10. The summed E-state index contributed by atoms with van der Waals surface area (Å²) in [6, 6.07) is 9.91. The SMILES string of the molecule is COc1ccc(C(=O)COC(=O)c2ccc3ncsc3c2)c(OC)c1. The highest BCUT2D eigenvalue weighted by Crippen LogP contribution is 2.25. The van der Waals surface area contributed by atoms with Gasteiger partial charge in [0.1, 0.15) is 11.5 Å². The van der Waals surface area contributed by atoms with Crippen LogP contribution in [0.2, 0.25) is 0 Å². The molecule has 0 aliphatic carbocycles. The van der Waals surface area contributed by atoms with E-state index in [9.17, 15) is 9.59 Å². The zero-order chi connectivity index (χ0) is 17.8. The summed E-state index contributed by atoms with van der Waals surface area (Å²) < 4.78 is 16.3. The van der Waals surface area contributed by atoms with Crippen molar-refractivity contribution in [1.29, 1.82) is 0 Å². The van der Waals surface area contributed by atoms with Crippen molar-refractivity contribution >= 4 is 33.3 Å². The number of ketones is 1. The van der Waals surface area contributed by atoms with Gasteiger partial charge in [0.25, 0.3) is 0 Å². The molecule has 0 amide bonds. The number of nitrogens with zero attached hydrogens (tertiary/aromatic N) is 1. The van der Waals surface area contributed by atoms with Gasteiger partial charge in [0, 0.05) is 6.07 Å². The molecule has 25 heavy (non-hydrogen) atoms. The van der Waals surface area contributed by atoms with Crippen LogP contribution in [0.4, 0.5) is 0 Å². The molecule has 0 aliphatic heterocycles. The summed E-state index contributed by atoms with van der Waals surface area (Å²) in [6.45, 7) is -0.373. The third kappa shape index (κ3) is 3.61. The van der Waals surface area contributed by atoms with E-state index in [1.165, 1.54) is 25.6 Å². The normalized spacial score (nSPS) is 10.5. The van der Waals surface area contributed by atoms with E-state index in [4.69, 9.17) is 14.2 Å². The molecule has 0 unspecified atom stereocenters. The standard InChI is InChI=1S/C18H15NO5S/c1-22-12-4-5-13(16(8-12)23-2)15(20)9-24-18(21)11-3-6-14-17(7-11)25-10-19-14/h3-8,10H,9H2,1-2H3. The molecule has 6 nitrogen and oxygen atoms in total. The van der Waals surface area contributed by atoms with Gasteiger partial charge >= 0.3 is 5.97 Å². The van der Waals surface area contributed by atoms with Crippen molar-refractivity contribution in [2.75, 3.05) is 20.8 Å². The second kappa shape index (κ2) is 7.31. The minimum Gasteiger partial charge on any atom is -0.497 e. The van der Waals surface area contributed by atoms with E-state index in [-0.39, 0.29) is 12.4 Å². The number of esters is 1. The van der Waals surface area contributed by atoms with E-state index in [0.29, 0.717) is 22.6 Å². The fourth-order valence-corrected chi connectivity index (χ4v) is 3.02. The third-order valence-corrected chi connectivity index (χ3v) is 4.40. The number of fused-ring (bicyclic) bond motifs is 1. The molecule has 0 saturated heterocycles. The Kier molecular flexibility index (Phi) is 4.95. The summed E-state index contributed by atoms with van der Waals surface area (Å²) >= 11 is 1.43. The lowest BCUT2D eigenvalue weighted by Crippen LogP contribution is -2.15. The van der Waals surface area contributed by atoms with Crippen molar-refractivity contribution in [3.8, 4) is 11.5 Å². The molecule has 2 aromatic carbocycles. The van der Waals surface area contributed by atoms with Gasteiger partial charge in [-0.2, -0.15) is 0 Å². The van der Waals surface area contributed by atoms with Crippen LogP contribution in [0.3, 0.4) is 0 Å². The summed E-state index contributed by atoms with van der Waals surface area (Å²) in [6.07, 6.45) is 0. The number of thiazole rings is 1. The first-order valence-corrected chi connectivity index (χ1v) is 8.26. The maximum Gasteiger partial charge on any atom is 0.338 e. The molecule has 0 aliphatic rings. The molecule has 1 heterocycles. The molecular formula is C18H15NO5S. The van der Waals surface area contributed by atoms with Crippen LogP contribution in [-0.2, 0) is 4.74 Å². The van der Waals surface area contributed by atoms with Gasteiger partial charge in [-0.3, -0.25) is 4.79 Å². The largest absolute Gasteiger partial charge is 0.497 e. The summed E-state index contributed by atoms with van der Waals surface area (Å²) in [5.74, 6) is 0.0255. The van der Waals surface area contributed by atoms with Crippen LogP contribution in [0.15, 0.2) is 41.9 Å². The van der Waals surface area contributed by atoms with Crippen LogP contribution in [0.25, 0.3) is 10.2 Å². The number of carbonyl (C=O) groups excluding carboxylic acids is 2. The molecule has 0 atom stereocenters. The Hall–Kier alpha value is -2.93. The third-order valence-electron chi connectivity index (χ3n) is 3.61. The first-order valence-electron chi connectivity index (χ1n) is 7.38. The van der Waals surface area contributed by atoms with Crippen molar-refractivity contribution in [3.05, 3.63) is 53.0 Å². The summed E-state index contributed by atoms with van der Waals surface area (Å²) in [5.41, 5.74) is 3.24. The number of rotatable bonds is 6. The second-order valence-corrected chi connectivity index (χ2v) is 5.99. The smallest absolute Gasteiger partial charge is 0.338 e. The van der Waals surface area contributed by atoms with Gasteiger partial charge < -0.3 is 14.2 Å². The van der Waals surface area contributed by atoms with E-state index >= 15 is 0 Å². The molecule has 0 radical (unpaired) electrons. The van der Waals surface area contributed by atoms with Crippen LogP contribution in [0, 0.1) is 0 Å². The minimum absolute atomic E-state index is 0.328. The van der Waals surface area contributed by atoms with E-state index in [0.717, 1.165) is 10.2 Å². The fraction of sp³-hybridized carbons (Fsp3) is 0.167. The number of hydrogen-bond donors (Lipinski definition) is 0. The average molecular weight is 357 g/mol. The monoisotopic (exact) mass is 357 g/mol. The Balaban J connectivity index is 1.70. The number of benzene rings is 2. The number of hydrogen-bond acceptors (Lipinski definition) is 7. The van der Waals surface area contributed by atoms with Crippen LogP contribution >= 0.6 is 11.3 Å². The quantitative estimate of drug-likeness (QED) is 0.497. The summed E-state index contributed by atoms with van der Waals surface area (Å²) in [5, 5.41) is 0. The summed E-state index contributed by atoms with van der Waals surface area (Å²) in [4.78, 5) is 28.6. The van der Waals surface area contributed by atoms with Crippen molar-refractivity contribution in [1.82, 2.24) is 4.98 Å². The first-order chi connectivity index (χ1) is 12.1. The zero-order valence-electron chi connectivity index (χ0n) is 13.6. The van der Waals surface area contributed by atoms with Crippen molar-refractivity contribution in [3.63, 3.8) is 0 Å². The van der Waals surface area contributed by atoms with Gasteiger partial charge in [-0.25, -0.2) is 9.78 Å². The number of ether oxygens (including phenoxy) is 3. The van der Waals surface area contributed by atoms with Gasteiger partial charge in [-0.15, -0.1) is 11.3 Å². The van der Waals surface area contributed by atoms with Gasteiger partial charge in [-0.1, -0.05) is 0 Å². The van der Waals surface area contributed by atoms with Crippen molar-refractivity contribution < 1.29 is 23.8 Å². The average Bonchev–Trinajstić information content (AvgIpc) is 3.12. The van der Waals surface area contributed by atoms with Crippen molar-refractivity contribution in [2.45, 2.75) is 0 Å². The number of methoxy groups -OCH3 is 2. The molecule has 3 aromatic rings. The summed E-state index contributed by atoms with van der Waals surface area (Å²) in [7, 11) is 2.99. The Morgan fingerprint density at radius 2 is 1.92 bits per heavy atom. The predicted molar refractivity (Wildman–Crippen MR) is 93.8 cm³/mol. The minimum atomic E-state index is -0.559. The van der Waals surface area contributed by atoms with Crippen LogP contribution in [0.1, 0.15) is 20.7 Å². The van der Waals surface area contributed by atoms with Gasteiger partial charge in [0.15, 0.2) is 6.61 Å². The number of carbonyl (C=O) groups is 2. The maximum absolute atomic E-state index is 12.3. The fourth-order valence-electron chi connectivity index (χ4n) is 2.30. The molecule has 3 rings (SSSR count). The Morgan fingerprint density at radius 1 is 1.08 bits per heavy atom. The topological polar surface area (TPSA) is 74.7 Å². The Morgan fingerprint density at radius 3 is 2.68 bits per heavy atom. The molecule has 0 fully saturated rings. The molecule has 0 spiro atoms. The zero-order valence-corrected chi connectivity index (χ0v) is 14.5. The Labute approximate surface area is 148 Å². The molecule has 1 aromatic heterocycles. The van der Waals surface area contributed by atoms with Gasteiger partial charge in [0.05, 0.1) is 41.1 Å². The Bertz CT molecular complexity index is 934. The van der Waals surface area contributed by atoms with Crippen LogP contribution in [-0.4, -0.2) is 37.6 Å². The lowest BCUT2D eigenvalue weighted by atomic mass is 10.1. The van der Waals surface area contributed by atoms with E-state index in [1.54, 1.807) is 41.9 Å². The molecular weight excluding hydrogens is 342 g/mol. The van der Waals surface area contributed by atoms with Gasteiger partial charge in [0.2, 0.25) is 5.78 Å². The molecule has 0 N–H and O–H groups in total. The first kappa shape index (κ1) is 16.9. The molecule has 0 bridgehead atoms. The molecule has 0 saturated carbocycles. The molecule has 7 heteroatoms.